The molecule has 0 spiro atoms. The maximum atomic E-state index is 4.52. The Morgan fingerprint density at radius 3 is 3.06 bits per heavy atom. The summed E-state index contributed by atoms with van der Waals surface area (Å²) in [7, 11) is 0. The molecule has 0 radical (unpaired) electrons. The fourth-order valence-corrected chi connectivity index (χ4v) is 2.68. The topological polar surface area (TPSA) is 29.9 Å². The lowest BCUT2D eigenvalue weighted by molar-refractivity contribution is 0.267. The zero-order valence-electron chi connectivity index (χ0n) is 10.7. The lowest BCUT2D eigenvalue weighted by atomic mass is 9.84. The van der Waals surface area contributed by atoms with E-state index in [9.17, 15) is 0 Å². The van der Waals surface area contributed by atoms with Gasteiger partial charge >= 0.3 is 0 Å². The highest BCUT2D eigenvalue weighted by molar-refractivity contribution is 5.10. The minimum Gasteiger partial charge on any atom is -0.316 e. The normalized spacial score (nSPS) is 25.9. The molecule has 1 aliphatic rings. The van der Waals surface area contributed by atoms with Crippen LogP contribution in [-0.2, 0) is 13.0 Å². The van der Waals surface area contributed by atoms with E-state index in [1.165, 1.54) is 31.6 Å². The highest BCUT2D eigenvalue weighted by atomic mass is 15.3. The zero-order valence-corrected chi connectivity index (χ0v) is 10.7. The largest absolute Gasteiger partial charge is 0.316 e. The first-order chi connectivity index (χ1) is 7.70. The van der Waals surface area contributed by atoms with Crippen LogP contribution >= 0.6 is 0 Å². The fraction of sp³-hybridized carbons (Fsp3) is 0.769. The van der Waals surface area contributed by atoms with Crippen LogP contribution in [0.15, 0.2) is 6.07 Å². The van der Waals surface area contributed by atoms with Crippen LogP contribution in [0.4, 0.5) is 0 Å². The van der Waals surface area contributed by atoms with Gasteiger partial charge in [0.05, 0.1) is 5.69 Å². The molecule has 1 aliphatic heterocycles. The Bertz CT molecular complexity index is 343. The first-order valence-electron chi connectivity index (χ1n) is 6.44. The molecular weight excluding hydrogens is 198 g/mol. The van der Waals surface area contributed by atoms with Gasteiger partial charge < -0.3 is 5.32 Å². The van der Waals surface area contributed by atoms with E-state index in [4.69, 9.17) is 0 Å². The van der Waals surface area contributed by atoms with E-state index in [-0.39, 0.29) is 0 Å². The van der Waals surface area contributed by atoms with Gasteiger partial charge in [0.15, 0.2) is 0 Å². The van der Waals surface area contributed by atoms with Gasteiger partial charge in [0.25, 0.3) is 0 Å². The third kappa shape index (κ3) is 2.46. The molecule has 2 rings (SSSR count). The minimum atomic E-state index is 0.786. The fourth-order valence-electron chi connectivity index (χ4n) is 2.68. The van der Waals surface area contributed by atoms with Crippen molar-refractivity contribution in [3.63, 3.8) is 0 Å². The molecule has 0 saturated carbocycles. The zero-order chi connectivity index (χ0) is 11.5. The van der Waals surface area contributed by atoms with Crippen LogP contribution in [0.1, 0.15) is 31.7 Å². The van der Waals surface area contributed by atoms with Crippen LogP contribution in [0.2, 0.25) is 0 Å². The third-order valence-corrected chi connectivity index (χ3v) is 3.72. The molecule has 1 aromatic heterocycles. The van der Waals surface area contributed by atoms with Crippen molar-refractivity contribution in [3.05, 3.63) is 17.5 Å². The molecule has 0 bridgehead atoms. The van der Waals surface area contributed by atoms with Gasteiger partial charge in [0.1, 0.15) is 0 Å². The predicted molar refractivity (Wildman–Crippen MR) is 66.5 cm³/mol. The first-order valence-corrected chi connectivity index (χ1v) is 6.44. The van der Waals surface area contributed by atoms with Crippen molar-refractivity contribution in [1.29, 1.82) is 0 Å². The molecule has 2 atom stereocenters. The van der Waals surface area contributed by atoms with E-state index in [1.807, 2.05) is 0 Å². The summed E-state index contributed by atoms with van der Waals surface area (Å²) in [6, 6.07) is 2.25. The number of nitrogens with one attached hydrogen (secondary N) is 1. The number of aromatic nitrogens is 2. The summed E-state index contributed by atoms with van der Waals surface area (Å²) in [5.41, 5.74) is 2.57. The minimum absolute atomic E-state index is 0.786. The summed E-state index contributed by atoms with van der Waals surface area (Å²) in [6.45, 7) is 9.94. The standard InChI is InChI=1S/C13H23N3/c1-4-16-13(7-11(3)15-16)8-12-5-6-14-9-10(12)2/h7,10,12,14H,4-6,8-9H2,1-3H3. The van der Waals surface area contributed by atoms with Gasteiger partial charge in [-0.15, -0.1) is 0 Å². The molecule has 16 heavy (non-hydrogen) atoms. The number of rotatable bonds is 3. The van der Waals surface area contributed by atoms with Crippen molar-refractivity contribution in [2.24, 2.45) is 11.8 Å². The smallest absolute Gasteiger partial charge is 0.0596 e. The average molecular weight is 221 g/mol. The summed E-state index contributed by atoms with van der Waals surface area (Å²) >= 11 is 0. The van der Waals surface area contributed by atoms with E-state index >= 15 is 0 Å². The molecule has 1 fully saturated rings. The second kappa shape index (κ2) is 5.00. The number of piperidine rings is 1. The number of aryl methyl sites for hydroxylation is 2. The van der Waals surface area contributed by atoms with Gasteiger partial charge in [0.2, 0.25) is 0 Å². The van der Waals surface area contributed by atoms with Crippen LogP contribution in [0, 0.1) is 18.8 Å². The number of hydrogen-bond donors (Lipinski definition) is 1. The van der Waals surface area contributed by atoms with Crippen molar-refractivity contribution >= 4 is 0 Å². The quantitative estimate of drug-likeness (QED) is 0.846. The Hall–Kier alpha value is -0.830. The Morgan fingerprint density at radius 2 is 2.38 bits per heavy atom. The maximum absolute atomic E-state index is 4.52. The summed E-state index contributed by atoms with van der Waals surface area (Å²) in [5.74, 6) is 1.61. The van der Waals surface area contributed by atoms with Crippen molar-refractivity contribution in [2.75, 3.05) is 13.1 Å². The summed E-state index contributed by atoms with van der Waals surface area (Å²) < 4.78 is 2.16. The highest BCUT2D eigenvalue weighted by Crippen LogP contribution is 2.23. The molecule has 2 heterocycles. The van der Waals surface area contributed by atoms with Gasteiger partial charge in [-0.05, 0) is 57.7 Å². The van der Waals surface area contributed by atoms with Crippen molar-refractivity contribution in [1.82, 2.24) is 15.1 Å². The molecule has 1 saturated heterocycles. The molecule has 2 unspecified atom stereocenters. The first kappa shape index (κ1) is 11.6. The van der Waals surface area contributed by atoms with E-state index in [0.29, 0.717) is 0 Å². The summed E-state index contributed by atoms with van der Waals surface area (Å²) in [6.07, 6.45) is 2.49. The van der Waals surface area contributed by atoms with Crippen LogP contribution in [-0.4, -0.2) is 22.9 Å². The van der Waals surface area contributed by atoms with E-state index in [1.54, 1.807) is 0 Å². The van der Waals surface area contributed by atoms with Crippen molar-refractivity contribution < 1.29 is 0 Å². The molecule has 3 nitrogen and oxygen atoms in total. The molecule has 0 amide bonds. The Balaban J connectivity index is 2.06. The lowest BCUT2D eigenvalue weighted by Crippen LogP contribution is -2.36. The van der Waals surface area contributed by atoms with Crippen LogP contribution in [0.5, 0.6) is 0 Å². The van der Waals surface area contributed by atoms with E-state index in [0.717, 1.165) is 24.1 Å². The number of nitrogens with zero attached hydrogens (tertiary/aromatic N) is 2. The maximum Gasteiger partial charge on any atom is 0.0596 e. The second-order valence-corrected chi connectivity index (χ2v) is 5.03. The molecule has 0 aromatic carbocycles. The second-order valence-electron chi connectivity index (χ2n) is 5.03. The van der Waals surface area contributed by atoms with Crippen molar-refractivity contribution in [2.45, 2.75) is 40.2 Å². The molecule has 90 valence electrons. The van der Waals surface area contributed by atoms with Crippen LogP contribution in [0.25, 0.3) is 0 Å². The Kier molecular flexibility index (Phi) is 3.64. The summed E-state index contributed by atoms with van der Waals surface area (Å²) in [4.78, 5) is 0. The van der Waals surface area contributed by atoms with Crippen LogP contribution in [0.3, 0.4) is 0 Å². The van der Waals surface area contributed by atoms with Crippen molar-refractivity contribution in [3.8, 4) is 0 Å². The molecule has 0 aliphatic carbocycles. The summed E-state index contributed by atoms with van der Waals surface area (Å²) in [5, 5.41) is 7.98. The predicted octanol–water partition coefficient (Wildman–Crippen LogP) is 2.00. The third-order valence-electron chi connectivity index (χ3n) is 3.72. The van der Waals surface area contributed by atoms with Gasteiger partial charge in [-0.1, -0.05) is 6.92 Å². The monoisotopic (exact) mass is 221 g/mol. The average Bonchev–Trinajstić information content (AvgIpc) is 2.62. The van der Waals surface area contributed by atoms with E-state index in [2.05, 4.69) is 41.9 Å². The lowest BCUT2D eigenvalue weighted by Gasteiger charge is -2.29. The Labute approximate surface area is 98.2 Å². The highest BCUT2D eigenvalue weighted by Gasteiger charge is 2.22. The van der Waals surface area contributed by atoms with Gasteiger partial charge in [-0.3, -0.25) is 4.68 Å². The van der Waals surface area contributed by atoms with Crippen LogP contribution < -0.4 is 5.32 Å². The van der Waals surface area contributed by atoms with Gasteiger partial charge in [0, 0.05) is 12.2 Å². The SMILES string of the molecule is CCn1nc(C)cc1CC1CCNCC1C. The molecule has 3 heteroatoms. The number of hydrogen-bond acceptors (Lipinski definition) is 2. The van der Waals surface area contributed by atoms with Gasteiger partial charge in [-0.25, -0.2) is 0 Å². The van der Waals surface area contributed by atoms with Gasteiger partial charge in [-0.2, -0.15) is 5.10 Å². The molecule has 1 N–H and O–H groups in total. The Morgan fingerprint density at radius 1 is 1.56 bits per heavy atom. The van der Waals surface area contributed by atoms with E-state index < -0.39 is 0 Å². The molecular formula is C13H23N3. The molecule has 1 aromatic rings.